The SMILES string of the molecule is CC1OCCC1NCc1cocn1. The van der Waals surface area contributed by atoms with Crippen molar-refractivity contribution in [2.75, 3.05) is 6.61 Å². The van der Waals surface area contributed by atoms with Gasteiger partial charge in [0.15, 0.2) is 6.39 Å². The Hall–Kier alpha value is -0.870. The summed E-state index contributed by atoms with van der Waals surface area (Å²) in [4.78, 5) is 4.03. The Morgan fingerprint density at radius 1 is 1.69 bits per heavy atom. The van der Waals surface area contributed by atoms with Gasteiger partial charge in [0, 0.05) is 19.2 Å². The molecule has 13 heavy (non-hydrogen) atoms. The maximum Gasteiger partial charge on any atom is 0.180 e. The van der Waals surface area contributed by atoms with E-state index in [4.69, 9.17) is 9.15 Å². The van der Waals surface area contributed by atoms with Crippen LogP contribution in [0.25, 0.3) is 0 Å². The van der Waals surface area contributed by atoms with E-state index in [1.54, 1.807) is 6.26 Å². The number of hydrogen-bond acceptors (Lipinski definition) is 4. The molecule has 1 aromatic heterocycles. The monoisotopic (exact) mass is 182 g/mol. The van der Waals surface area contributed by atoms with Crippen LogP contribution in [0.5, 0.6) is 0 Å². The Morgan fingerprint density at radius 2 is 2.62 bits per heavy atom. The van der Waals surface area contributed by atoms with Gasteiger partial charge in [-0.25, -0.2) is 4.98 Å². The van der Waals surface area contributed by atoms with Crippen molar-refractivity contribution < 1.29 is 9.15 Å². The Labute approximate surface area is 77.3 Å². The second kappa shape index (κ2) is 3.89. The van der Waals surface area contributed by atoms with Crippen LogP contribution in [0.15, 0.2) is 17.1 Å². The molecular formula is C9H14N2O2. The maximum absolute atomic E-state index is 5.43. The number of nitrogens with zero attached hydrogens (tertiary/aromatic N) is 1. The first kappa shape index (κ1) is 8.72. The number of nitrogens with one attached hydrogen (secondary N) is 1. The molecule has 0 aromatic carbocycles. The third-order valence-electron chi connectivity index (χ3n) is 2.41. The summed E-state index contributed by atoms with van der Waals surface area (Å²) in [6.07, 6.45) is 4.50. The topological polar surface area (TPSA) is 47.3 Å². The molecule has 1 aliphatic rings. The summed E-state index contributed by atoms with van der Waals surface area (Å²) in [6.45, 7) is 3.71. The molecule has 0 aliphatic carbocycles. The molecule has 72 valence electrons. The summed E-state index contributed by atoms with van der Waals surface area (Å²) >= 11 is 0. The Balaban J connectivity index is 1.79. The minimum Gasteiger partial charge on any atom is -0.451 e. The molecule has 0 saturated carbocycles. The third-order valence-corrected chi connectivity index (χ3v) is 2.41. The van der Waals surface area contributed by atoms with Crippen molar-refractivity contribution in [1.29, 1.82) is 0 Å². The van der Waals surface area contributed by atoms with Crippen LogP contribution in [-0.2, 0) is 11.3 Å². The van der Waals surface area contributed by atoms with E-state index in [1.807, 2.05) is 0 Å². The first-order valence-electron chi connectivity index (χ1n) is 4.58. The fourth-order valence-electron chi connectivity index (χ4n) is 1.56. The van der Waals surface area contributed by atoms with Gasteiger partial charge >= 0.3 is 0 Å². The average molecular weight is 182 g/mol. The molecule has 2 unspecified atom stereocenters. The molecule has 4 nitrogen and oxygen atoms in total. The fraction of sp³-hybridized carbons (Fsp3) is 0.667. The molecule has 1 aliphatic heterocycles. The van der Waals surface area contributed by atoms with Gasteiger partial charge in [-0.15, -0.1) is 0 Å². The molecule has 1 fully saturated rings. The molecule has 2 rings (SSSR count). The van der Waals surface area contributed by atoms with Crippen LogP contribution in [-0.4, -0.2) is 23.7 Å². The van der Waals surface area contributed by atoms with E-state index in [0.717, 1.165) is 25.3 Å². The Kier molecular flexibility index (Phi) is 2.61. The Bertz CT molecular complexity index is 248. The molecular weight excluding hydrogens is 168 g/mol. The highest BCUT2D eigenvalue weighted by atomic mass is 16.5. The van der Waals surface area contributed by atoms with E-state index in [0.29, 0.717) is 12.1 Å². The smallest absolute Gasteiger partial charge is 0.180 e. The first-order chi connectivity index (χ1) is 6.36. The number of rotatable bonds is 3. The lowest BCUT2D eigenvalue weighted by atomic mass is 10.1. The molecule has 0 amide bonds. The van der Waals surface area contributed by atoms with Crippen molar-refractivity contribution in [3.8, 4) is 0 Å². The second-order valence-corrected chi connectivity index (χ2v) is 3.33. The minimum atomic E-state index is 0.312. The summed E-state index contributed by atoms with van der Waals surface area (Å²) in [5.41, 5.74) is 0.944. The van der Waals surface area contributed by atoms with Gasteiger partial charge in [0.1, 0.15) is 6.26 Å². The van der Waals surface area contributed by atoms with Crippen LogP contribution in [0.4, 0.5) is 0 Å². The number of hydrogen-bond donors (Lipinski definition) is 1. The molecule has 0 spiro atoms. The van der Waals surface area contributed by atoms with Gasteiger partial charge in [-0.1, -0.05) is 0 Å². The van der Waals surface area contributed by atoms with Gasteiger partial charge in [-0.3, -0.25) is 0 Å². The quantitative estimate of drug-likeness (QED) is 0.755. The zero-order valence-corrected chi connectivity index (χ0v) is 7.69. The van der Waals surface area contributed by atoms with Crippen molar-refractivity contribution in [2.24, 2.45) is 0 Å². The maximum atomic E-state index is 5.43. The van der Waals surface area contributed by atoms with Crippen molar-refractivity contribution in [2.45, 2.75) is 32.0 Å². The van der Waals surface area contributed by atoms with Gasteiger partial charge in [-0.2, -0.15) is 0 Å². The highest BCUT2D eigenvalue weighted by molar-refractivity contribution is 4.91. The molecule has 1 N–H and O–H groups in total. The van der Waals surface area contributed by atoms with E-state index in [1.165, 1.54) is 6.39 Å². The lowest BCUT2D eigenvalue weighted by Gasteiger charge is -2.14. The second-order valence-electron chi connectivity index (χ2n) is 3.33. The van der Waals surface area contributed by atoms with Crippen LogP contribution in [0.2, 0.25) is 0 Å². The number of aromatic nitrogens is 1. The summed E-state index contributed by atoms with van der Waals surface area (Å²) in [7, 11) is 0. The predicted molar refractivity (Wildman–Crippen MR) is 47.2 cm³/mol. The molecule has 1 aromatic rings. The summed E-state index contributed by atoms with van der Waals surface area (Å²) in [5.74, 6) is 0. The van der Waals surface area contributed by atoms with Crippen LogP contribution < -0.4 is 5.32 Å². The van der Waals surface area contributed by atoms with E-state index < -0.39 is 0 Å². The largest absolute Gasteiger partial charge is 0.451 e. The Morgan fingerprint density at radius 3 is 3.23 bits per heavy atom. The summed E-state index contributed by atoms with van der Waals surface area (Å²) in [6, 6.07) is 0.455. The molecule has 2 atom stereocenters. The zero-order chi connectivity index (χ0) is 9.10. The zero-order valence-electron chi connectivity index (χ0n) is 7.69. The van der Waals surface area contributed by atoms with Gasteiger partial charge in [0.2, 0.25) is 0 Å². The van der Waals surface area contributed by atoms with Gasteiger partial charge in [0.25, 0.3) is 0 Å². The normalized spacial score (nSPS) is 28.1. The van der Waals surface area contributed by atoms with Crippen LogP contribution >= 0.6 is 0 Å². The predicted octanol–water partition coefficient (Wildman–Crippen LogP) is 0.942. The van der Waals surface area contributed by atoms with E-state index in [2.05, 4.69) is 17.2 Å². The van der Waals surface area contributed by atoms with Crippen LogP contribution in [0, 0.1) is 0 Å². The van der Waals surface area contributed by atoms with Crippen LogP contribution in [0.1, 0.15) is 19.0 Å². The molecule has 1 saturated heterocycles. The van der Waals surface area contributed by atoms with Gasteiger partial charge < -0.3 is 14.5 Å². The first-order valence-corrected chi connectivity index (χ1v) is 4.58. The van der Waals surface area contributed by atoms with Crippen molar-refractivity contribution in [1.82, 2.24) is 10.3 Å². The van der Waals surface area contributed by atoms with Crippen LogP contribution in [0.3, 0.4) is 0 Å². The fourth-order valence-corrected chi connectivity index (χ4v) is 1.56. The van der Waals surface area contributed by atoms with Gasteiger partial charge in [-0.05, 0) is 13.3 Å². The molecule has 0 radical (unpaired) electrons. The number of ether oxygens (including phenoxy) is 1. The van der Waals surface area contributed by atoms with Crippen molar-refractivity contribution in [3.05, 3.63) is 18.4 Å². The van der Waals surface area contributed by atoms with Crippen molar-refractivity contribution >= 4 is 0 Å². The molecule has 2 heterocycles. The third kappa shape index (κ3) is 2.08. The van der Waals surface area contributed by atoms with Crippen molar-refractivity contribution in [3.63, 3.8) is 0 Å². The average Bonchev–Trinajstić information content (AvgIpc) is 2.72. The number of oxazole rings is 1. The lowest BCUT2D eigenvalue weighted by Crippen LogP contribution is -2.34. The minimum absolute atomic E-state index is 0.312. The highest BCUT2D eigenvalue weighted by Crippen LogP contribution is 2.12. The van der Waals surface area contributed by atoms with E-state index >= 15 is 0 Å². The standard InChI is InChI=1S/C9H14N2O2/c1-7-9(2-3-13-7)10-4-8-5-12-6-11-8/h5-7,9-10H,2-4H2,1H3. The summed E-state index contributed by atoms with van der Waals surface area (Å²) < 4.78 is 10.3. The van der Waals surface area contributed by atoms with E-state index in [9.17, 15) is 0 Å². The molecule has 4 heteroatoms. The molecule has 0 bridgehead atoms. The highest BCUT2D eigenvalue weighted by Gasteiger charge is 2.23. The van der Waals surface area contributed by atoms with E-state index in [-0.39, 0.29) is 0 Å². The summed E-state index contributed by atoms with van der Waals surface area (Å²) in [5, 5.41) is 3.39. The van der Waals surface area contributed by atoms with Gasteiger partial charge in [0.05, 0.1) is 11.8 Å². The lowest BCUT2D eigenvalue weighted by molar-refractivity contribution is 0.113.